The van der Waals surface area contributed by atoms with Crippen molar-refractivity contribution in [1.29, 1.82) is 5.26 Å². The Morgan fingerprint density at radius 1 is 1.37 bits per heavy atom. The molecule has 2 atom stereocenters. The molecule has 1 N–H and O–H groups in total. The molecule has 0 aliphatic heterocycles. The highest BCUT2D eigenvalue weighted by Gasteiger charge is 2.30. The number of nitrogens with zero attached hydrogens (tertiary/aromatic N) is 3. The van der Waals surface area contributed by atoms with Gasteiger partial charge < -0.3 is 14.5 Å². The average Bonchev–Trinajstić information content (AvgIpc) is 3.11. The Bertz CT molecular complexity index is 819. The first-order valence-corrected chi connectivity index (χ1v) is 9.32. The normalized spacial score (nSPS) is 14.3. The number of thioether (sulfide) groups is 1. The van der Waals surface area contributed by atoms with Crippen LogP contribution in [0.1, 0.15) is 39.7 Å². The number of ether oxygens (including phenoxy) is 1. The third-order valence-electron chi connectivity index (χ3n) is 4.01. The molecule has 2 aromatic rings. The van der Waals surface area contributed by atoms with E-state index in [1.54, 1.807) is 13.8 Å². The van der Waals surface area contributed by atoms with E-state index in [0.29, 0.717) is 5.75 Å². The number of carbonyl (C=O) groups is 1. The molecule has 0 saturated carbocycles. The molecule has 7 nitrogen and oxygen atoms in total. The lowest BCUT2D eigenvalue weighted by atomic mass is 9.90. The molecule has 0 radical (unpaired) electrons. The summed E-state index contributed by atoms with van der Waals surface area (Å²) in [7, 11) is 0. The maximum absolute atomic E-state index is 12.9. The Morgan fingerprint density at radius 3 is 2.63 bits per heavy atom. The molecule has 144 valence electrons. The Balaban J connectivity index is 1.89. The number of amides is 1. The Hall–Kier alpha value is -2.60. The molecule has 0 unspecified atom stereocenters. The van der Waals surface area contributed by atoms with E-state index < -0.39 is 11.6 Å². The van der Waals surface area contributed by atoms with E-state index in [4.69, 9.17) is 9.15 Å². The number of aromatic nitrogens is 2. The summed E-state index contributed by atoms with van der Waals surface area (Å²) < 4.78 is 24.0. The molecule has 1 amide bonds. The number of nitriles is 1. The van der Waals surface area contributed by atoms with E-state index in [9.17, 15) is 14.4 Å². The van der Waals surface area contributed by atoms with Gasteiger partial charge in [-0.15, -0.1) is 10.2 Å². The Kier molecular flexibility index (Phi) is 6.80. The highest BCUT2D eigenvalue weighted by atomic mass is 32.2. The lowest BCUT2D eigenvalue weighted by Crippen LogP contribution is -2.49. The quantitative estimate of drug-likeness (QED) is 0.686. The standard InChI is InChI=1S/C18H21FN4O3S/c1-11(2)18(4,10-20)21-15(24)9-27-17-23-22-16(26-17)12(3)25-14-7-5-13(19)6-8-14/h5-8,11-12H,9H2,1-4H3,(H,21,24)/t12-,18+/m0/s1. The monoisotopic (exact) mass is 392 g/mol. The first-order valence-electron chi connectivity index (χ1n) is 8.34. The number of benzene rings is 1. The Morgan fingerprint density at radius 2 is 2.04 bits per heavy atom. The van der Waals surface area contributed by atoms with E-state index in [0.717, 1.165) is 11.8 Å². The summed E-state index contributed by atoms with van der Waals surface area (Å²) in [5.74, 6) is 0.0731. The van der Waals surface area contributed by atoms with Crippen molar-refractivity contribution in [3.63, 3.8) is 0 Å². The maximum atomic E-state index is 12.9. The number of rotatable bonds is 8. The van der Waals surface area contributed by atoms with Crippen LogP contribution in [0.25, 0.3) is 0 Å². The summed E-state index contributed by atoms with van der Waals surface area (Å²) in [5.41, 5.74) is -0.935. The maximum Gasteiger partial charge on any atom is 0.277 e. The minimum absolute atomic E-state index is 0.0316. The zero-order valence-corrected chi connectivity index (χ0v) is 16.3. The highest BCUT2D eigenvalue weighted by Crippen LogP contribution is 2.24. The van der Waals surface area contributed by atoms with E-state index in [1.807, 2.05) is 13.8 Å². The minimum Gasteiger partial charge on any atom is -0.481 e. The van der Waals surface area contributed by atoms with Crippen LogP contribution in [0.2, 0.25) is 0 Å². The van der Waals surface area contributed by atoms with Gasteiger partial charge in [0, 0.05) is 0 Å². The van der Waals surface area contributed by atoms with Gasteiger partial charge in [0.1, 0.15) is 17.1 Å². The molecule has 9 heteroatoms. The minimum atomic E-state index is -0.935. The van der Waals surface area contributed by atoms with Gasteiger partial charge in [-0.25, -0.2) is 4.39 Å². The molecule has 2 rings (SSSR count). The Labute approximate surface area is 161 Å². The SMILES string of the molecule is CC(C)[C@@](C)(C#N)NC(=O)CSc1nnc([C@H](C)Oc2ccc(F)cc2)o1. The zero-order valence-electron chi connectivity index (χ0n) is 15.5. The van der Waals surface area contributed by atoms with Crippen molar-refractivity contribution in [2.24, 2.45) is 5.92 Å². The summed E-state index contributed by atoms with van der Waals surface area (Å²) in [6, 6.07) is 7.71. The van der Waals surface area contributed by atoms with Crippen molar-refractivity contribution in [2.75, 3.05) is 5.75 Å². The topological polar surface area (TPSA) is 101 Å². The number of hydrogen-bond donors (Lipinski definition) is 1. The zero-order chi connectivity index (χ0) is 20.0. The summed E-state index contributed by atoms with van der Waals surface area (Å²) in [4.78, 5) is 12.1. The molecule has 0 bridgehead atoms. The largest absolute Gasteiger partial charge is 0.481 e. The van der Waals surface area contributed by atoms with E-state index in [1.165, 1.54) is 24.3 Å². The molecule has 0 aliphatic rings. The van der Waals surface area contributed by atoms with Crippen molar-refractivity contribution in [3.8, 4) is 11.8 Å². The predicted octanol–water partition coefficient (Wildman–Crippen LogP) is 3.50. The van der Waals surface area contributed by atoms with Crippen LogP contribution in [0, 0.1) is 23.1 Å². The molecule has 0 fully saturated rings. The van der Waals surface area contributed by atoms with Gasteiger partial charge in [0.2, 0.25) is 5.91 Å². The van der Waals surface area contributed by atoms with Gasteiger partial charge in [-0.2, -0.15) is 5.26 Å². The molecule has 0 saturated heterocycles. The first-order chi connectivity index (χ1) is 12.7. The fraction of sp³-hybridized carbons (Fsp3) is 0.444. The molecule has 27 heavy (non-hydrogen) atoms. The summed E-state index contributed by atoms with van der Waals surface area (Å²) >= 11 is 1.07. The van der Waals surface area contributed by atoms with Crippen molar-refractivity contribution in [2.45, 2.75) is 44.6 Å². The van der Waals surface area contributed by atoms with Crippen molar-refractivity contribution in [1.82, 2.24) is 15.5 Å². The highest BCUT2D eigenvalue weighted by molar-refractivity contribution is 7.99. The second kappa shape index (κ2) is 8.86. The predicted molar refractivity (Wildman–Crippen MR) is 97.5 cm³/mol. The van der Waals surface area contributed by atoms with Gasteiger partial charge in [0.25, 0.3) is 11.1 Å². The second-order valence-electron chi connectivity index (χ2n) is 6.43. The van der Waals surface area contributed by atoms with Gasteiger partial charge in [0.05, 0.1) is 11.8 Å². The van der Waals surface area contributed by atoms with E-state index in [2.05, 4.69) is 21.6 Å². The van der Waals surface area contributed by atoms with Gasteiger partial charge in [-0.05, 0) is 44.0 Å². The molecule has 0 spiro atoms. The van der Waals surface area contributed by atoms with Crippen LogP contribution in [0.3, 0.4) is 0 Å². The molecular formula is C18H21FN4O3S. The van der Waals surface area contributed by atoms with Crippen molar-refractivity contribution in [3.05, 3.63) is 36.0 Å². The smallest absolute Gasteiger partial charge is 0.277 e. The fourth-order valence-corrected chi connectivity index (χ4v) is 2.53. The lowest BCUT2D eigenvalue weighted by Gasteiger charge is -2.27. The van der Waals surface area contributed by atoms with Gasteiger partial charge >= 0.3 is 0 Å². The third-order valence-corrected chi connectivity index (χ3v) is 4.83. The summed E-state index contributed by atoms with van der Waals surface area (Å²) in [5, 5.41) is 20.0. The van der Waals surface area contributed by atoms with Crippen LogP contribution >= 0.6 is 11.8 Å². The van der Waals surface area contributed by atoms with Gasteiger partial charge in [0.15, 0.2) is 6.10 Å². The van der Waals surface area contributed by atoms with E-state index in [-0.39, 0.29) is 34.5 Å². The molecule has 0 aliphatic carbocycles. The number of hydrogen-bond acceptors (Lipinski definition) is 7. The molecule has 1 aromatic heterocycles. The summed E-state index contributed by atoms with van der Waals surface area (Å²) in [6.07, 6.45) is -0.533. The molecule has 1 aromatic carbocycles. The first kappa shape index (κ1) is 20.7. The lowest BCUT2D eigenvalue weighted by molar-refractivity contribution is -0.120. The molecular weight excluding hydrogens is 371 g/mol. The van der Waals surface area contributed by atoms with Crippen LogP contribution in [0.15, 0.2) is 33.9 Å². The average molecular weight is 392 g/mol. The summed E-state index contributed by atoms with van der Waals surface area (Å²) in [6.45, 7) is 7.13. The van der Waals surface area contributed by atoms with E-state index >= 15 is 0 Å². The third kappa shape index (κ3) is 5.69. The fourth-order valence-electron chi connectivity index (χ4n) is 1.97. The van der Waals surface area contributed by atoms with Crippen LogP contribution in [-0.2, 0) is 4.79 Å². The van der Waals surface area contributed by atoms with Crippen LogP contribution in [-0.4, -0.2) is 27.4 Å². The van der Waals surface area contributed by atoms with Crippen LogP contribution in [0.4, 0.5) is 4.39 Å². The number of nitrogens with one attached hydrogen (secondary N) is 1. The van der Waals surface area contributed by atoms with Crippen molar-refractivity contribution < 1.29 is 18.3 Å². The number of halogens is 1. The van der Waals surface area contributed by atoms with Gasteiger partial charge in [-0.3, -0.25) is 4.79 Å². The van der Waals surface area contributed by atoms with Crippen LogP contribution in [0.5, 0.6) is 5.75 Å². The second-order valence-corrected chi connectivity index (χ2v) is 7.35. The van der Waals surface area contributed by atoms with Crippen molar-refractivity contribution >= 4 is 17.7 Å². The molecule has 1 heterocycles. The number of carbonyl (C=O) groups excluding carboxylic acids is 1. The van der Waals surface area contributed by atoms with Crippen LogP contribution < -0.4 is 10.1 Å². The van der Waals surface area contributed by atoms with Gasteiger partial charge in [-0.1, -0.05) is 25.6 Å².